The molecule has 0 aliphatic carbocycles. The van der Waals surface area contributed by atoms with Gasteiger partial charge in [-0.3, -0.25) is 4.18 Å². The Bertz CT molecular complexity index is 487. The Morgan fingerprint density at radius 2 is 1.88 bits per heavy atom. The molecule has 0 amide bonds. The third-order valence-electron chi connectivity index (χ3n) is 1.82. The standard InChI is InChI=1S/C11H13NO4S/c1-12-10-4-6-11(7-5-10)15-8-3-9-16-17(2,13)14/h4-7H,3,8-9H2,2H3. The Hall–Kier alpha value is -1.58. The van der Waals surface area contributed by atoms with E-state index in [1.807, 2.05) is 0 Å². The van der Waals surface area contributed by atoms with Gasteiger partial charge >= 0.3 is 0 Å². The van der Waals surface area contributed by atoms with Crippen LogP contribution in [-0.4, -0.2) is 27.9 Å². The SMILES string of the molecule is [C-]#[N+]c1ccc(OCCCOS(C)(=O)=O)cc1. The van der Waals surface area contributed by atoms with Crippen molar-refractivity contribution in [2.75, 3.05) is 19.5 Å². The van der Waals surface area contributed by atoms with Crippen molar-refractivity contribution in [2.24, 2.45) is 0 Å². The molecule has 0 N–H and O–H groups in total. The summed E-state index contributed by atoms with van der Waals surface area (Å²) in [7, 11) is -3.37. The molecule has 0 heterocycles. The molecule has 0 aromatic heterocycles. The van der Waals surface area contributed by atoms with Gasteiger partial charge in [0.1, 0.15) is 5.75 Å². The van der Waals surface area contributed by atoms with Crippen LogP contribution in [0.4, 0.5) is 5.69 Å². The molecule has 5 nitrogen and oxygen atoms in total. The van der Waals surface area contributed by atoms with Gasteiger partial charge in [0.05, 0.1) is 26.0 Å². The highest BCUT2D eigenvalue weighted by Gasteiger charge is 2.00. The average molecular weight is 255 g/mol. The van der Waals surface area contributed by atoms with Crippen molar-refractivity contribution in [2.45, 2.75) is 6.42 Å². The van der Waals surface area contributed by atoms with Crippen molar-refractivity contribution in [1.82, 2.24) is 0 Å². The highest BCUT2D eigenvalue weighted by Crippen LogP contribution is 2.17. The summed E-state index contributed by atoms with van der Waals surface area (Å²) >= 11 is 0. The number of hydrogen-bond donors (Lipinski definition) is 0. The topological polar surface area (TPSA) is 57.0 Å². The molecule has 92 valence electrons. The van der Waals surface area contributed by atoms with Crippen molar-refractivity contribution in [3.05, 3.63) is 35.7 Å². The Kier molecular flexibility index (Phi) is 4.94. The van der Waals surface area contributed by atoms with E-state index < -0.39 is 10.1 Å². The third kappa shape index (κ3) is 5.90. The second-order valence-corrected chi connectivity index (χ2v) is 4.98. The average Bonchev–Trinajstić information content (AvgIpc) is 2.28. The Morgan fingerprint density at radius 3 is 2.41 bits per heavy atom. The lowest BCUT2D eigenvalue weighted by Crippen LogP contribution is -2.07. The van der Waals surface area contributed by atoms with Crippen molar-refractivity contribution in [3.8, 4) is 5.75 Å². The minimum atomic E-state index is -3.37. The molecule has 6 heteroatoms. The van der Waals surface area contributed by atoms with Crippen LogP contribution >= 0.6 is 0 Å². The van der Waals surface area contributed by atoms with Crippen molar-refractivity contribution in [3.63, 3.8) is 0 Å². The molecule has 0 fully saturated rings. The molecule has 0 spiro atoms. The van der Waals surface area contributed by atoms with Crippen molar-refractivity contribution >= 4 is 15.8 Å². The number of hydrogen-bond acceptors (Lipinski definition) is 4. The normalized spacial score (nSPS) is 10.8. The summed E-state index contributed by atoms with van der Waals surface area (Å²) in [4.78, 5) is 3.26. The van der Waals surface area contributed by atoms with Crippen LogP contribution in [0.2, 0.25) is 0 Å². The molecule has 0 saturated heterocycles. The van der Waals surface area contributed by atoms with Gasteiger partial charge in [-0.25, -0.2) is 4.85 Å². The van der Waals surface area contributed by atoms with Crippen LogP contribution in [0.1, 0.15) is 6.42 Å². The summed E-state index contributed by atoms with van der Waals surface area (Å²) in [5.74, 6) is 0.650. The van der Waals surface area contributed by atoms with Gasteiger partial charge in [0.25, 0.3) is 10.1 Å². The summed E-state index contributed by atoms with van der Waals surface area (Å²) in [5, 5.41) is 0. The molecular formula is C11H13NO4S. The predicted octanol–water partition coefficient (Wildman–Crippen LogP) is 1.98. The van der Waals surface area contributed by atoms with Crippen molar-refractivity contribution in [1.29, 1.82) is 0 Å². The molecule has 0 bridgehead atoms. The fourth-order valence-corrected chi connectivity index (χ4v) is 1.50. The first-order chi connectivity index (χ1) is 8.01. The van der Waals surface area contributed by atoms with E-state index in [1.54, 1.807) is 24.3 Å². The summed E-state index contributed by atoms with van der Waals surface area (Å²) in [6.07, 6.45) is 1.49. The van der Waals surface area contributed by atoms with Gasteiger partial charge in [0, 0.05) is 6.42 Å². The molecule has 0 unspecified atom stereocenters. The molecule has 1 rings (SSSR count). The summed E-state index contributed by atoms with van der Waals surface area (Å²) in [6, 6.07) is 6.72. The van der Waals surface area contributed by atoms with Crippen LogP contribution in [0.25, 0.3) is 4.85 Å². The molecule has 0 aliphatic rings. The summed E-state index contributed by atoms with van der Waals surface area (Å²) in [6.45, 7) is 7.25. The summed E-state index contributed by atoms with van der Waals surface area (Å²) in [5.41, 5.74) is 0.553. The smallest absolute Gasteiger partial charge is 0.264 e. The van der Waals surface area contributed by atoms with E-state index in [2.05, 4.69) is 9.03 Å². The zero-order valence-electron chi connectivity index (χ0n) is 9.42. The third-order valence-corrected chi connectivity index (χ3v) is 2.42. The second kappa shape index (κ2) is 6.23. The number of ether oxygens (including phenoxy) is 1. The minimum Gasteiger partial charge on any atom is -0.494 e. The van der Waals surface area contributed by atoms with Crippen LogP contribution in [0.3, 0.4) is 0 Å². The zero-order chi connectivity index (χ0) is 12.7. The van der Waals surface area contributed by atoms with E-state index in [1.165, 1.54) is 0 Å². The van der Waals surface area contributed by atoms with E-state index in [0.717, 1.165) is 6.26 Å². The fourth-order valence-electron chi connectivity index (χ4n) is 1.08. The lowest BCUT2D eigenvalue weighted by atomic mass is 10.3. The molecule has 0 atom stereocenters. The first kappa shape index (κ1) is 13.5. The largest absolute Gasteiger partial charge is 0.494 e. The van der Waals surface area contributed by atoms with E-state index >= 15 is 0 Å². The Balaban J connectivity index is 2.25. The lowest BCUT2D eigenvalue weighted by molar-refractivity contribution is 0.252. The molecule has 0 radical (unpaired) electrons. The maximum atomic E-state index is 10.6. The summed E-state index contributed by atoms with van der Waals surface area (Å²) < 4.78 is 31.2. The van der Waals surface area contributed by atoms with E-state index in [4.69, 9.17) is 11.3 Å². The first-order valence-electron chi connectivity index (χ1n) is 4.96. The molecular weight excluding hydrogens is 242 g/mol. The van der Waals surface area contributed by atoms with Crippen LogP contribution in [0.15, 0.2) is 24.3 Å². The maximum Gasteiger partial charge on any atom is 0.264 e. The maximum absolute atomic E-state index is 10.6. The van der Waals surface area contributed by atoms with Gasteiger partial charge in [0.2, 0.25) is 0 Å². The van der Waals surface area contributed by atoms with Gasteiger partial charge in [0.15, 0.2) is 5.69 Å². The molecule has 0 aliphatic heterocycles. The first-order valence-corrected chi connectivity index (χ1v) is 6.77. The lowest BCUT2D eigenvalue weighted by Gasteiger charge is -2.05. The molecule has 1 aromatic carbocycles. The van der Waals surface area contributed by atoms with E-state index in [-0.39, 0.29) is 6.61 Å². The second-order valence-electron chi connectivity index (χ2n) is 3.33. The zero-order valence-corrected chi connectivity index (χ0v) is 10.2. The van der Waals surface area contributed by atoms with Gasteiger partial charge < -0.3 is 4.74 Å². The highest BCUT2D eigenvalue weighted by atomic mass is 32.2. The van der Waals surface area contributed by atoms with Gasteiger partial charge in [-0.15, -0.1) is 0 Å². The molecule has 0 saturated carbocycles. The van der Waals surface area contributed by atoms with Gasteiger partial charge in [-0.2, -0.15) is 8.42 Å². The van der Waals surface area contributed by atoms with Crippen LogP contribution in [0.5, 0.6) is 5.75 Å². The molecule has 17 heavy (non-hydrogen) atoms. The number of rotatable bonds is 6. The monoisotopic (exact) mass is 255 g/mol. The molecule has 1 aromatic rings. The minimum absolute atomic E-state index is 0.110. The number of benzene rings is 1. The van der Waals surface area contributed by atoms with E-state index in [9.17, 15) is 8.42 Å². The van der Waals surface area contributed by atoms with Gasteiger partial charge in [-0.05, 0) is 12.1 Å². The van der Waals surface area contributed by atoms with Crippen LogP contribution in [0, 0.1) is 6.57 Å². The fraction of sp³-hybridized carbons (Fsp3) is 0.364. The quantitative estimate of drug-likeness (QED) is 0.443. The van der Waals surface area contributed by atoms with Crippen LogP contribution in [-0.2, 0) is 14.3 Å². The predicted molar refractivity (Wildman–Crippen MR) is 63.6 cm³/mol. The Labute approximate surface area is 101 Å². The van der Waals surface area contributed by atoms with Crippen LogP contribution < -0.4 is 4.74 Å². The van der Waals surface area contributed by atoms with Gasteiger partial charge in [-0.1, -0.05) is 12.1 Å². The highest BCUT2D eigenvalue weighted by molar-refractivity contribution is 7.85. The Morgan fingerprint density at radius 1 is 1.24 bits per heavy atom. The van der Waals surface area contributed by atoms with Crippen molar-refractivity contribution < 1.29 is 17.3 Å². The van der Waals surface area contributed by atoms with E-state index in [0.29, 0.717) is 24.5 Å². The number of nitrogens with zero attached hydrogens (tertiary/aromatic N) is 1.